The van der Waals surface area contributed by atoms with Crippen molar-refractivity contribution in [2.75, 3.05) is 0 Å². The van der Waals surface area contributed by atoms with Gasteiger partial charge in [0.1, 0.15) is 0 Å². The summed E-state index contributed by atoms with van der Waals surface area (Å²) in [5.74, 6) is 0.549. The van der Waals surface area contributed by atoms with Crippen molar-refractivity contribution in [3.63, 3.8) is 0 Å². The summed E-state index contributed by atoms with van der Waals surface area (Å²) in [4.78, 5) is 4.14. The van der Waals surface area contributed by atoms with E-state index in [9.17, 15) is 0 Å². The third-order valence-corrected chi connectivity index (χ3v) is 3.15. The molecule has 2 unspecified atom stereocenters. The van der Waals surface area contributed by atoms with Gasteiger partial charge in [-0.3, -0.25) is 4.98 Å². The molecule has 1 fully saturated rings. The van der Waals surface area contributed by atoms with E-state index in [2.05, 4.69) is 23.2 Å². The second kappa shape index (κ2) is 4.68. The van der Waals surface area contributed by atoms with E-state index in [1.165, 1.54) is 11.1 Å². The molecular formula is C15H15NO. The molecule has 0 N–H and O–H groups in total. The highest BCUT2D eigenvalue weighted by Crippen LogP contribution is 2.43. The molecule has 17 heavy (non-hydrogen) atoms. The Labute approximate surface area is 101 Å². The van der Waals surface area contributed by atoms with Crippen LogP contribution in [0.4, 0.5) is 0 Å². The van der Waals surface area contributed by atoms with Crippen LogP contribution < -0.4 is 0 Å². The topological polar surface area (TPSA) is 22.1 Å². The SMILES string of the molecule is c1ccc(COC2CC2c2cccnc2)cc1. The zero-order chi connectivity index (χ0) is 11.5. The lowest BCUT2D eigenvalue weighted by Crippen LogP contribution is -1.97. The summed E-state index contributed by atoms with van der Waals surface area (Å²) in [5, 5.41) is 0. The lowest BCUT2D eigenvalue weighted by Gasteiger charge is -2.03. The standard InChI is InChI=1S/C15H15NO/c1-2-5-12(6-3-1)11-17-15-9-14(15)13-7-4-8-16-10-13/h1-8,10,14-15H,9,11H2. The number of rotatable bonds is 4. The minimum absolute atomic E-state index is 0.374. The van der Waals surface area contributed by atoms with Gasteiger partial charge in [0.2, 0.25) is 0 Å². The number of hydrogen-bond acceptors (Lipinski definition) is 2. The Hall–Kier alpha value is -1.67. The van der Waals surface area contributed by atoms with Crippen LogP contribution in [0.15, 0.2) is 54.9 Å². The summed E-state index contributed by atoms with van der Waals surface area (Å²) >= 11 is 0. The molecule has 2 nitrogen and oxygen atoms in total. The zero-order valence-corrected chi connectivity index (χ0v) is 9.62. The van der Waals surface area contributed by atoms with Gasteiger partial charge in [0.05, 0.1) is 12.7 Å². The summed E-state index contributed by atoms with van der Waals surface area (Å²) in [6.45, 7) is 0.711. The minimum atomic E-state index is 0.374. The van der Waals surface area contributed by atoms with E-state index < -0.39 is 0 Å². The molecule has 2 atom stereocenters. The third kappa shape index (κ3) is 2.53. The highest BCUT2D eigenvalue weighted by Gasteiger charge is 2.39. The van der Waals surface area contributed by atoms with Crippen molar-refractivity contribution in [3.8, 4) is 0 Å². The summed E-state index contributed by atoms with van der Waals surface area (Å²) in [5.41, 5.74) is 2.54. The molecular weight excluding hydrogens is 210 g/mol. The molecule has 3 rings (SSSR count). The molecule has 0 spiro atoms. The van der Waals surface area contributed by atoms with Gasteiger partial charge < -0.3 is 4.74 Å². The first-order chi connectivity index (χ1) is 8.43. The molecule has 1 saturated carbocycles. The maximum absolute atomic E-state index is 5.88. The molecule has 0 saturated heterocycles. The lowest BCUT2D eigenvalue weighted by molar-refractivity contribution is 0.102. The molecule has 2 heteroatoms. The number of benzene rings is 1. The number of hydrogen-bond donors (Lipinski definition) is 0. The second-order valence-corrected chi connectivity index (χ2v) is 4.46. The van der Waals surface area contributed by atoms with Gasteiger partial charge in [-0.2, -0.15) is 0 Å². The Morgan fingerprint density at radius 2 is 2.00 bits per heavy atom. The smallest absolute Gasteiger partial charge is 0.0720 e. The first kappa shape index (κ1) is 10.5. The fraction of sp³-hybridized carbons (Fsp3) is 0.267. The molecule has 0 radical (unpaired) electrons. The number of pyridine rings is 1. The van der Waals surface area contributed by atoms with Crippen LogP contribution in [-0.4, -0.2) is 11.1 Å². The molecule has 86 valence electrons. The summed E-state index contributed by atoms with van der Waals surface area (Å²) in [6, 6.07) is 14.4. The predicted molar refractivity (Wildman–Crippen MR) is 66.6 cm³/mol. The van der Waals surface area contributed by atoms with E-state index in [-0.39, 0.29) is 0 Å². The minimum Gasteiger partial charge on any atom is -0.373 e. The van der Waals surface area contributed by atoms with E-state index in [0.29, 0.717) is 18.6 Å². The van der Waals surface area contributed by atoms with Crippen molar-refractivity contribution in [3.05, 3.63) is 66.0 Å². The average molecular weight is 225 g/mol. The van der Waals surface area contributed by atoms with Crippen LogP contribution >= 0.6 is 0 Å². The Morgan fingerprint density at radius 3 is 2.76 bits per heavy atom. The van der Waals surface area contributed by atoms with Crippen LogP contribution in [0.2, 0.25) is 0 Å². The van der Waals surface area contributed by atoms with Gasteiger partial charge >= 0.3 is 0 Å². The maximum Gasteiger partial charge on any atom is 0.0720 e. The first-order valence-electron chi connectivity index (χ1n) is 5.99. The van der Waals surface area contributed by atoms with Crippen LogP contribution in [0.3, 0.4) is 0 Å². The maximum atomic E-state index is 5.88. The van der Waals surface area contributed by atoms with Crippen LogP contribution in [0.5, 0.6) is 0 Å². The zero-order valence-electron chi connectivity index (χ0n) is 9.62. The van der Waals surface area contributed by atoms with Gasteiger partial charge in [-0.05, 0) is 23.6 Å². The molecule has 0 aliphatic heterocycles. The van der Waals surface area contributed by atoms with Crippen molar-refractivity contribution in [1.29, 1.82) is 0 Å². The largest absolute Gasteiger partial charge is 0.373 e. The van der Waals surface area contributed by atoms with Gasteiger partial charge in [-0.1, -0.05) is 36.4 Å². The summed E-state index contributed by atoms with van der Waals surface area (Å²) in [6.07, 6.45) is 5.25. The monoisotopic (exact) mass is 225 g/mol. The van der Waals surface area contributed by atoms with E-state index in [0.717, 1.165) is 6.42 Å². The van der Waals surface area contributed by atoms with Crippen LogP contribution in [0.25, 0.3) is 0 Å². The molecule has 1 aliphatic carbocycles. The van der Waals surface area contributed by atoms with Crippen molar-refractivity contribution in [2.24, 2.45) is 0 Å². The third-order valence-electron chi connectivity index (χ3n) is 3.15. The Kier molecular flexibility index (Phi) is 2.88. The molecule has 1 aromatic heterocycles. The second-order valence-electron chi connectivity index (χ2n) is 4.46. The highest BCUT2D eigenvalue weighted by molar-refractivity contribution is 5.23. The van der Waals surface area contributed by atoms with Gasteiger partial charge in [0.25, 0.3) is 0 Å². The summed E-state index contributed by atoms with van der Waals surface area (Å²) in [7, 11) is 0. The normalized spacial score (nSPS) is 22.4. The molecule has 1 aromatic carbocycles. The number of nitrogens with zero attached hydrogens (tertiary/aromatic N) is 1. The van der Waals surface area contributed by atoms with Gasteiger partial charge in [0, 0.05) is 18.3 Å². The van der Waals surface area contributed by atoms with Gasteiger partial charge in [-0.15, -0.1) is 0 Å². The first-order valence-corrected chi connectivity index (χ1v) is 5.99. The fourth-order valence-corrected chi connectivity index (χ4v) is 2.08. The summed E-state index contributed by atoms with van der Waals surface area (Å²) < 4.78 is 5.88. The molecule has 0 amide bonds. The highest BCUT2D eigenvalue weighted by atomic mass is 16.5. The van der Waals surface area contributed by atoms with Crippen LogP contribution in [0.1, 0.15) is 23.5 Å². The van der Waals surface area contributed by atoms with Crippen molar-refractivity contribution in [1.82, 2.24) is 4.98 Å². The van der Waals surface area contributed by atoms with Crippen LogP contribution in [-0.2, 0) is 11.3 Å². The lowest BCUT2D eigenvalue weighted by atomic mass is 10.2. The average Bonchev–Trinajstić information content (AvgIpc) is 3.18. The van der Waals surface area contributed by atoms with Crippen LogP contribution in [0, 0.1) is 0 Å². The molecule has 2 aromatic rings. The van der Waals surface area contributed by atoms with E-state index >= 15 is 0 Å². The van der Waals surface area contributed by atoms with Crippen molar-refractivity contribution >= 4 is 0 Å². The van der Waals surface area contributed by atoms with E-state index in [1.807, 2.05) is 36.7 Å². The Balaban J connectivity index is 1.53. The fourth-order valence-electron chi connectivity index (χ4n) is 2.08. The number of ether oxygens (including phenoxy) is 1. The quantitative estimate of drug-likeness (QED) is 0.797. The van der Waals surface area contributed by atoms with Gasteiger partial charge in [-0.25, -0.2) is 0 Å². The van der Waals surface area contributed by atoms with E-state index in [4.69, 9.17) is 4.74 Å². The number of aromatic nitrogens is 1. The molecule has 1 heterocycles. The predicted octanol–water partition coefficient (Wildman–Crippen LogP) is 3.15. The molecule has 0 bridgehead atoms. The van der Waals surface area contributed by atoms with Gasteiger partial charge in [0.15, 0.2) is 0 Å². The Bertz CT molecular complexity index is 469. The Morgan fingerprint density at radius 1 is 1.12 bits per heavy atom. The van der Waals surface area contributed by atoms with Crippen molar-refractivity contribution < 1.29 is 4.74 Å². The molecule has 1 aliphatic rings. The van der Waals surface area contributed by atoms with Crippen molar-refractivity contribution in [2.45, 2.75) is 25.0 Å². The van der Waals surface area contributed by atoms with E-state index in [1.54, 1.807) is 0 Å².